The van der Waals surface area contributed by atoms with Gasteiger partial charge in [0.25, 0.3) is 0 Å². The standard InChI is InChI=1S/C17H23N3O4/c1-12-5-2-3-6-13(12)23-10-9-18-15(21)11-20-16-14(24-17(20)22)7-4-8-19-16/h4,7-8,12-13H,2-3,5-6,9-11H2,1H3,(H,18,21)/t12-,13+/m0/s1. The zero-order valence-electron chi connectivity index (χ0n) is 13.9. The number of amides is 1. The first-order valence-corrected chi connectivity index (χ1v) is 8.48. The average Bonchev–Trinajstić information content (AvgIpc) is 2.89. The van der Waals surface area contributed by atoms with Gasteiger partial charge in [0, 0.05) is 12.7 Å². The summed E-state index contributed by atoms with van der Waals surface area (Å²) in [7, 11) is 0. The molecule has 2 atom stereocenters. The first-order valence-electron chi connectivity index (χ1n) is 8.48. The molecule has 2 aromatic heterocycles. The van der Waals surface area contributed by atoms with Gasteiger partial charge in [0.05, 0.1) is 12.7 Å². The molecular formula is C17H23N3O4. The Morgan fingerprint density at radius 3 is 3.12 bits per heavy atom. The van der Waals surface area contributed by atoms with Crippen LogP contribution in [0.4, 0.5) is 0 Å². The molecule has 7 heteroatoms. The van der Waals surface area contributed by atoms with Gasteiger partial charge in [-0.2, -0.15) is 0 Å². The third-order valence-corrected chi connectivity index (χ3v) is 4.51. The first-order chi connectivity index (χ1) is 11.6. The van der Waals surface area contributed by atoms with E-state index in [1.54, 1.807) is 18.3 Å². The first kappa shape index (κ1) is 16.7. The van der Waals surface area contributed by atoms with Gasteiger partial charge in [-0.05, 0) is 30.9 Å². The van der Waals surface area contributed by atoms with E-state index in [0.717, 1.165) is 6.42 Å². The molecule has 2 aromatic rings. The van der Waals surface area contributed by atoms with E-state index in [9.17, 15) is 9.59 Å². The Morgan fingerprint density at radius 1 is 1.46 bits per heavy atom. The fraction of sp³-hybridized carbons (Fsp3) is 0.588. The molecule has 0 aliphatic heterocycles. The van der Waals surface area contributed by atoms with E-state index in [-0.39, 0.29) is 12.5 Å². The number of carbonyl (C=O) groups excluding carboxylic acids is 1. The van der Waals surface area contributed by atoms with Gasteiger partial charge in [0.1, 0.15) is 6.54 Å². The number of pyridine rings is 1. The third-order valence-electron chi connectivity index (χ3n) is 4.51. The average molecular weight is 333 g/mol. The molecule has 0 bridgehead atoms. The summed E-state index contributed by atoms with van der Waals surface area (Å²) >= 11 is 0. The molecule has 0 spiro atoms. The molecule has 1 aliphatic rings. The van der Waals surface area contributed by atoms with E-state index in [1.807, 2.05) is 0 Å². The van der Waals surface area contributed by atoms with Crippen LogP contribution in [0.5, 0.6) is 0 Å². The Kier molecular flexibility index (Phi) is 5.30. The largest absolute Gasteiger partial charge is 0.421 e. The Labute approximate surface area is 140 Å². The summed E-state index contributed by atoms with van der Waals surface area (Å²) in [6.45, 7) is 3.02. The molecule has 1 fully saturated rings. The number of carbonyl (C=O) groups is 1. The van der Waals surface area contributed by atoms with Crippen LogP contribution in [0, 0.1) is 5.92 Å². The summed E-state index contributed by atoms with van der Waals surface area (Å²) in [6, 6.07) is 3.33. The van der Waals surface area contributed by atoms with Crippen LogP contribution in [0.3, 0.4) is 0 Å². The molecule has 0 unspecified atom stereocenters. The van der Waals surface area contributed by atoms with Crippen molar-refractivity contribution in [3.63, 3.8) is 0 Å². The van der Waals surface area contributed by atoms with Crippen molar-refractivity contribution in [2.24, 2.45) is 5.92 Å². The zero-order chi connectivity index (χ0) is 16.9. The van der Waals surface area contributed by atoms with Crippen molar-refractivity contribution in [3.05, 3.63) is 28.9 Å². The van der Waals surface area contributed by atoms with Crippen LogP contribution in [-0.4, -0.2) is 34.7 Å². The van der Waals surface area contributed by atoms with Gasteiger partial charge in [-0.3, -0.25) is 4.79 Å². The van der Waals surface area contributed by atoms with Gasteiger partial charge in [0.15, 0.2) is 11.2 Å². The van der Waals surface area contributed by atoms with Crippen LogP contribution >= 0.6 is 0 Å². The van der Waals surface area contributed by atoms with Crippen molar-refractivity contribution in [2.75, 3.05) is 13.2 Å². The molecule has 0 radical (unpaired) electrons. The lowest BCUT2D eigenvalue weighted by Crippen LogP contribution is -2.34. The summed E-state index contributed by atoms with van der Waals surface area (Å²) in [5, 5.41) is 2.77. The Hall–Kier alpha value is -2.15. The number of oxazole rings is 1. The molecule has 24 heavy (non-hydrogen) atoms. The smallest absolute Gasteiger partial charge is 0.406 e. The normalized spacial score (nSPS) is 21.0. The summed E-state index contributed by atoms with van der Waals surface area (Å²) in [6.07, 6.45) is 6.65. The topological polar surface area (TPSA) is 86.4 Å². The van der Waals surface area contributed by atoms with Gasteiger partial charge >= 0.3 is 5.76 Å². The number of hydrogen-bond donors (Lipinski definition) is 1. The molecular weight excluding hydrogens is 310 g/mol. The van der Waals surface area contributed by atoms with Crippen molar-refractivity contribution in [3.8, 4) is 0 Å². The van der Waals surface area contributed by atoms with Crippen molar-refractivity contribution >= 4 is 17.1 Å². The van der Waals surface area contributed by atoms with E-state index in [2.05, 4.69) is 17.2 Å². The predicted octanol–water partition coefficient (Wildman–Crippen LogP) is 1.70. The lowest BCUT2D eigenvalue weighted by Gasteiger charge is -2.28. The van der Waals surface area contributed by atoms with Crippen LogP contribution < -0.4 is 11.1 Å². The van der Waals surface area contributed by atoms with Crippen LogP contribution in [0.2, 0.25) is 0 Å². The van der Waals surface area contributed by atoms with Crippen molar-refractivity contribution in [1.29, 1.82) is 0 Å². The Bertz CT molecular complexity index is 752. The van der Waals surface area contributed by atoms with Crippen LogP contribution in [0.15, 0.2) is 27.5 Å². The molecule has 1 saturated carbocycles. The summed E-state index contributed by atoms with van der Waals surface area (Å²) < 4.78 is 12.1. The van der Waals surface area contributed by atoms with E-state index < -0.39 is 5.76 Å². The van der Waals surface area contributed by atoms with E-state index >= 15 is 0 Å². The molecule has 7 nitrogen and oxygen atoms in total. The highest BCUT2D eigenvalue weighted by Crippen LogP contribution is 2.25. The number of fused-ring (bicyclic) bond motifs is 1. The van der Waals surface area contributed by atoms with Gasteiger partial charge in [-0.25, -0.2) is 14.3 Å². The lowest BCUT2D eigenvalue weighted by atomic mass is 9.88. The zero-order valence-corrected chi connectivity index (χ0v) is 13.9. The van der Waals surface area contributed by atoms with Crippen molar-refractivity contribution in [1.82, 2.24) is 14.9 Å². The highest BCUT2D eigenvalue weighted by Gasteiger charge is 2.21. The van der Waals surface area contributed by atoms with E-state index in [0.29, 0.717) is 36.4 Å². The minimum atomic E-state index is -0.578. The predicted molar refractivity (Wildman–Crippen MR) is 88.7 cm³/mol. The monoisotopic (exact) mass is 333 g/mol. The summed E-state index contributed by atoms with van der Waals surface area (Å²) in [5.41, 5.74) is 0.759. The number of nitrogens with zero attached hydrogens (tertiary/aromatic N) is 2. The fourth-order valence-corrected chi connectivity index (χ4v) is 3.17. The van der Waals surface area contributed by atoms with Crippen LogP contribution in [0.1, 0.15) is 32.6 Å². The second-order valence-corrected chi connectivity index (χ2v) is 6.30. The highest BCUT2D eigenvalue weighted by molar-refractivity contribution is 5.78. The van der Waals surface area contributed by atoms with Crippen molar-refractivity contribution in [2.45, 2.75) is 45.3 Å². The molecule has 1 aliphatic carbocycles. The summed E-state index contributed by atoms with van der Waals surface area (Å²) in [4.78, 5) is 27.9. The van der Waals surface area contributed by atoms with Crippen LogP contribution in [-0.2, 0) is 16.1 Å². The molecule has 0 aromatic carbocycles. The number of aromatic nitrogens is 2. The van der Waals surface area contributed by atoms with Crippen molar-refractivity contribution < 1.29 is 13.9 Å². The number of rotatable bonds is 6. The van der Waals surface area contributed by atoms with Gasteiger partial charge < -0.3 is 14.5 Å². The SMILES string of the molecule is C[C@H]1CCCC[C@H]1OCCNC(=O)Cn1c(=O)oc2cccnc21. The lowest BCUT2D eigenvalue weighted by molar-refractivity contribution is -0.122. The maximum absolute atomic E-state index is 12.0. The van der Waals surface area contributed by atoms with Crippen LogP contribution in [0.25, 0.3) is 11.2 Å². The second-order valence-electron chi connectivity index (χ2n) is 6.30. The minimum Gasteiger partial charge on any atom is -0.406 e. The maximum atomic E-state index is 12.0. The van der Waals surface area contributed by atoms with E-state index in [1.165, 1.54) is 23.8 Å². The Balaban J connectivity index is 1.47. The van der Waals surface area contributed by atoms with Gasteiger partial charge in [0.2, 0.25) is 5.91 Å². The Morgan fingerprint density at radius 2 is 2.29 bits per heavy atom. The number of nitrogens with one attached hydrogen (secondary N) is 1. The minimum absolute atomic E-state index is 0.108. The molecule has 2 heterocycles. The van der Waals surface area contributed by atoms with E-state index in [4.69, 9.17) is 9.15 Å². The molecule has 1 amide bonds. The quantitative estimate of drug-likeness (QED) is 0.813. The summed E-state index contributed by atoms with van der Waals surface area (Å²) in [5.74, 6) is -0.256. The van der Waals surface area contributed by atoms with Gasteiger partial charge in [-0.1, -0.05) is 19.8 Å². The highest BCUT2D eigenvalue weighted by atomic mass is 16.5. The number of hydrogen-bond acceptors (Lipinski definition) is 5. The van der Waals surface area contributed by atoms with Gasteiger partial charge in [-0.15, -0.1) is 0 Å². The molecule has 1 N–H and O–H groups in total. The number of ether oxygens (including phenoxy) is 1. The fourth-order valence-electron chi connectivity index (χ4n) is 3.17. The molecule has 130 valence electrons. The maximum Gasteiger partial charge on any atom is 0.421 e. The third kappa shape index (κ3) is 3.84. The molecule has 3 rings (SSSR count). The second kappa shape index (κ2) is 7.61. The molecule has 0 saturated heterocycles.